The Labute approximate surface area is 174 Å². The highest BCUT2D eigenvalue weighted by atomic mass is 16.6. The molecule has 2 rings (SSSR count). The Morgan fingerprint density at radius 1 is 1.23 bits per heavy atom. The number of methoxy groups -OCH3 is 1. The second-order valence-corrected chi connectivity index (χ2v) is 6.21. The van der Waals surface area contributed by atoms with Crippen LogP contribution in [0.2, 0.25) is 0 Å². The van der Waals surface area contributed by atoms with E-state index in [4.69, 9.17) is 29.4 Å². The maximum Gasteiger partial charge on any atom is 0.338 e. The molecule has 2 N–H and O–H groups in total. The number of hydrogen-bond donors (Lipinski definition) is 1. The predicted octanol–water partition coefficient (Wildman–Crippen LogP) is 2.28. The van der Waals surface area contributed by atoms with Crippen molar-refractivity contribution < 1.29 is 33.3 Å². The van der Waals surface area contributed by atoms with E-state index in [2.05, 4.69) is 0 Å². The normalized spacial score (nSPS) is 15.8. The fraction of sp³-hybridized carbons (Fsp3) is 0.381. The maximum atomic E-state index is 12.6. The van der Waals surface area contributed by atoms with Crippen LogP contribution in [0.15, 0.2) is 41.0 Å². The van der Waals surface area contributed by atoms with Crippen molar-refractivity contribution in [2.75, 3.05) is 26.9 Å². The molecule has 0 radical (unpaired) electrons. The second kappa shape index (κ2) is 10.2. The van der Waals surface area contributed by atoms with Crippen LogP contribution < -0.4 is 15.2 Å². The Bertz CT molecular complexity index is 928. The summed E-state index contributed by atoms with van der Waals surface area (Å²) in [6, 6.07) is 7.00. The first kappa shape index (κ1) is 22.6. The van der Waals surface area contributed by atoms with Gasteiger partial charge in [-0.05, 0) is 31.5 Å². The van der Waals surface area contributed by atoms with E-state index in [1.807, 2.05) is 6.07 Å². The highest BCUT2D eigenvalue weighted by Gasteiger charge is 2.36. The largest absolute Gasteiger partial charge is 0.493 e. The van der Waals surface area contributed by atoms with E-state index >= 15 is 0 Å². The van der Waals surface area contributed by atoms with Crippen molar-refractivity contribution in [2.24, 2.45) is 5.73 Å². The van der Waals surface area contributed by atoms with Crippen molar-refractivity contribution in [2.45, 2.75) is 26.7 Å². The average Bonchev–Trinajstić information content (AvgIpc) is 2.70. The summed E-state index contributed by atoms with van der Waals surface area (Å²) in [4.78, 5) is 23.4. The Balaban J connectivity index is 2.42. The number of carbonyl (C=O) groups is 2. The molecule has 1 aliphatic heterocycles. The van der Waals surface area contributed by atoms with Gasteiger partial charge in [-0.2, -0.15) is 5.26 Å². The van der Waals surface area contributed by atoms with Gasteiger partial charge < -0.3 is 29.4 Å². The topological polar surface area (TPSA) is 130 Å². The minimum absolute atomic E-state index is 0.0753. The average molecular weight is 416 g/mol. The van der Waals surface area contributed by atoms with Crippen LogP contribution in [0, 0.1) is 11.3 Å². The number of carbonyl (C=O) groups excluding carboxylic acids is 2. The van der Waals surface area contributed by atoms with Crippen molar-refractivity contribution in [3.05, 3.63) is 46.6 Å². The first-order chi connectivity index (χ1) is 14.3. The molecular formula is C21H24N2O7. The zero-order valence-electron chi connectivity index (χ0n) is 17.3. The first-order valence-corrected chi connectivity index (χ1v) is 9.23. The fourth-order valence-electron chi connectivity index (χ4n) is 3.01. The predicted molar refractivity (Wildman–Crippen MR) is 105 cm³/mol. The number of nitrogens with two attached hydrogens (primary N) is 1. The van der Waals surface area contributed by atoms with Crippen LogP contribution in [0.5, 0.6) is 11.5 Å². The van der Waals surface area contributed by atoms with Gasteiger partial charge in [0.25, 0.3) is 0 Å². The molecule has 1 atom stereocenters. The Kier molecular flexibility index (Phi) is 7.69. The highest BCUT2D eigenvalue weighted by Crippen LogP contribution is 2.42. The Hall–Kier alpha value is -3.67. The van der Waals surface area contributed by atoms with Gasteiger partial charge >= 0.3 is 11.9 Å². The van der Waals surface area contributed by atoms with Crippen LogP contribution in [0.25, 0.3) is 0 Å². The molecule has 9 nitrogen and oxygen atoms in total. The molecule has 1 unspecified atom stereocenters. The summed E-state index contributed by atoms with van der Waals surface area (Å²) in [5.74, 6) is -0.813. The molecule has 1 aliphatic rings. The van der Waals surface area contributed by atoms with Gasteiger partial charge in [0.05, 0.1) is 25.2 Å². The lowest BCUT2D eigenvalue weighted by molar-refractivity contribution is -0.141. The number of allylic oxidation sites excluding steroid dienone is 2. The molecule has 1 aromatic rings. The van der Waals surface area contributed by atoms with Crippen molar-refractivity contribution in [3.8, 4) is 17.6 Å². The van der Waals surface area contributed by atoms with Gasteiger partial charge in [-0.15, -0.1) is 0 Å². The van der Waals surface area contributed by atoms with Crippen LogP contribution in [0.3, 0.4) is 0 Å². The van der Waals surface area contributed by atoms with Crippen molar-refractivity contribution in [1.29, 1.82) is 5.26 Å². The molecule has 1 aromatic carbocycles. The number of ether oxygens (including phenoxy) is 5. The molecule has 0 saturated heterocycles. The van der Waals surface area contributed by atoms with E-state index in [1.165, 1.54) is 14.0 Å². The van der Waals surface area contributed by atoms with Crippen molar-refractivity contribution >= 4 is 11.9 Å². The zero-order chi connectivity index (χ0) is 22.3. The SMILES string of the molecule is CCOC(=O)C1=C(C)OC(N)=C(C#N)C1c1ccc(OCCOC(C)=O)c(OC)c1. The van der Waals surface area contributed by atoms with Gasteiger partial charge in [0, 0.05) is 6.92 Å². The van der Waals surface area contributed by atoms with Gasteiger partial charge in [-0.3, -0.25) is 4.79 Å². The van der Waals surface area contributed by atoms with E-state index in [0.717, 1.165) is 0 Å². The lowest BCUT2D eigenvalue weighted by Gasteiger charge is -2.27. The van der Waals surface area contributed by atoms with E-state index in [9.17, 15) is 14.9 Å². The number of nitriles is 1. The standard InChI is InChI=1S/C21H24N2O7/c1-5-27-21(25)18-12(2)30-20(23)15(11-22)19(18)14-6-7-16(17(10-14)26-4)29-9-8-28-13(3)24/h6-7,10,19H,5,8-9,23H2,1-4H3. The van der Waals surface area contributed by atoms with Gasteiger partial charge in [0.15, 0.2) is 11.5 Å². The molecule has 0 fully saturated rings. The van der Waals surface area contributed by atoms with Crippen LogP contribution in [-0.2, 0) is 23.8 Å². The minimum atomic E-state index is -0.785. The van der Waals surface area contributed by atoms with Gasteiger partial charge in [0.1, 0.15) is 30.6 Å². The van der Waals surface area contributed by atoms with E-state index in [-0.39, 0.29) is 42.6 Å². The quantitative estimate of drug-likeness (QED) is 0.501. The van der Waals surface area contributed by atoms with E-state index in [0.29, 0.717) is 17.1 Å². The maximum absolute atomic E-state index is 12.6. The van der Waals surface area contributed by atoms with E-state index in [1.54, 1.807) is 32.0 Å². The molecule has 0 aliphatic carbocycles. The Morgan fingerprint density at radius 2 is 1.97 bits per heavy atom. The van der Waals surface area contributed by atoms with Crippen LogP contribution in [-0.4, -0.2) is 38.9 Å². The van der Waals surface area contributed by atoms with Crippen LogP contribution in [0.1, 0.15) is 32.3 Å². The number of rotatable bonds is 8. The monoisotopic (exact) mass is 416 g/mol. The van der Waals surface area contributed by atoms with Gasteiger partial charge in [-0.25, -0.2) is 4.79 Å². The number of nitrogens with zero attached hydrogens (tertiary/aromatic N) is 1. The number of hydrogen-bond acceptors (Lipinski definition) is 9. The van der Waals surface area contributed by atoms with Crippen LogP contribution >= 0.6 is 0 Å². The third-order valence-corrected chi connectivity index (χ3v) is 4.27. The fourth-order valence-corrected chi connectivity index (χ4v) is 3.01. The minimum Gasteiger partial charge on any atom is -0.493 e. The third kappa shape index (κ3) is 5.03. The molecule has 0 spiro atoms. The molecule has 0 saturated carbocycles. The zero-order valence-corrected chi connectivity index (χ0v) is 17.3. The van der Waals surface area contributed by atoms with Crippen molar-refractivity contribution in [1.82, 2.24) is 0 Å². The lowest BCUT2D eigenvalue weighted by atomic mass is 9.83. The third-order valence-electron chi connectivity index (χ3n) is 4.27. The van der Waals surface area contributed by atoms with Crippen LogP contribution in [0.4, 0.5) is 0 Å². The summed E-state index contributed by atoms with van der Waals surface area (Å²) in [6.45, 7) is 4.98. The highest BCUT2D eigenvalue weighted by molar-refractivity contribution is 5.92. The summed E-state index contributed by atoms with van der Waals surface area (Å²) in [5.41, 5.74) is 6.75. The van der Waals surface area contributed by atoms with Gasteiger partial charge in [0.2, 0.25) is 5.88 Å². The molecule has 0 bridgehead atoms. The smallest absolute Gasteiger partial charge is 0.338 e. The first-order valence-electron chi connectivity index (χ1n) is 9.23. The summed E-state index contributed by atoms with van der Waals surface area (Å²) in [6.07, 6.45) is 0. The second-order valence-electron chi connectivity index (χ2n) is 6.21. The molecule has 0 amide bonds. The molecule has 0 aromatic heterocycles. The number of esters is 2. The molecule has 1 heterocycles. The molecular weight excluding hydrogens is 392 g/mol. The van der Waals surface area contributed by atoms with Gasteiger partial charge in [-0.1, -0.05) is 6.07 Å². The molecule has 160 valence electrons. The summed E-state index contributed by atoms with van der Waals surface area (Å²) >= 11 is 0. The summed E-state index contributed by atoms with van der Waals surface area (Å²) in [7, 11) is 1.46. The Morgan fingerprint density at radius 3 is 2.57 bits per heavy atom. The number of benzene rings is 1. The molecule has 9 heteroatoms. The summed E-state index contributed by atoms with van der Waals surface area (Å²) < 4.78 is 26.4. The molecule has 30 heavy (non-hydrogen) atoms. The van der Waals surface area contributed by atoms with E-state index < -0.39 is 17.9 Å². The van der Waals surface area contributed by atoms with Crippen molar-refractivity contribution in [3.63, 3.8) is 0 Å². The lowest BCUT2D eigenvalue weighted by Crippen LogP contribution is -2.25. The summed E-state index contributed by atoms with van der Waals surface area (Å²) in [5, 5.41) is 9.64.